The summed E-state index contributed by atoms with van der Waals surface area (Å²) in [5, 5.41) is 0. The van der Waals surface area contributed by atoms with Crippen LogP contribution < -0.4 is 16.2 Å². The number of rotatable bonds is 7. The summed E-state index contributed by atoms with van der Waals surface area (Å²) < 4.78 is 1.75. The molecule has 0 atom stereocenters. The van der Waals surface area contributed by atoms with Crippen molar-refractivity contribution in [3.63, 3.8) is 0 Å². The Morgan fingerprint density at radius 1 is 1.56 bits per heavy atom. The third-order valence-electron chi connectivity index (χ3n) is 3.22. The van der Waals surface area contributed by atoms with E-state index in [1.54, 1.807) is 17.0 Å². The minimum Gasteiger partial charge on any atom is -0.349 e. The van der Waals surface area contributed by atoms with E-state index in [1.807, 2.05) is 0 Å². The highest BCUT2D eigenvalue weighted by Gasteiger charge is 2.31. The van der Waals surface area contributed by atoms with Gasteiger partial charge in [-0.15, -0.1) is 0 Å². The largest absolute Gasteiger partial charge is 0.349 e. The molecule has 2 rings (SSSR count). The van der Waals surface area contributed by atoms with Gasteiger partial charge in [-0.2, -0.15) is 0 Å². The minimum absolute atomic E-state index is 0.0308. The van der Waals surface area contributed by atoms with Gasteiger partial charge in [0.25, 0.3) is 5.56 Å². The second kappa shape index (κ2) is 6.00. The van der Waals surface area contributed by atoms with Crippen LogP contribution in [0.2, 0.25) is 0 Å². The summed E-state index contributed by atoms with van der Waals surface area (Å²) in [6, 6.07) is 0.495. The molecule has 0 saturated heterocycles. The van der Waals surface area contributed by atoms with Gasteiger partial charge < -0.3 is 15.2 Å². The van der Waals surface area contributed by atoms with Gasteiger partial charge in [0, 0.05) is 31.5 Å². The Labute approximate surface area is 108 Å². The van der Waals surface area contributed by atoms with E-state index in [4.69, 9.17) is 5.73 Å². The quantitative estimate of drug-likeness (QED) is 0.783. The molecule has 18 heavy (non-hydrogen) atoms. The second-order valence-corrected chi connectivity index (χ2v) is 4.82. The molecule has 0 unspecified atom stereocenters. The molecule has 1 heterocycles. The number of nitrogens with zero attached hydrogens (tertiary/aromatic N) is 3. The van der Waals surface area contributed by atoms with Crippen LogP contribution >= 0.6 is 0 Å². The number of hydrogen-bond acceptors (Lipinski definition) is 4. The lowest BCUT2D eigenvalue weighted by atomic mass is 10.3. The van der Waals surface area contributed by atoms with E-state index >= 15 is 0 Å². The Morgan fingerprint density at radius 2 is 2.33 bits per heavy atom. The van der Waals surface area contributed by atoms with Crippen LogP contribution in [0.5, 0.6) is 0 Å². The molecule has 0 aromatic carbocycles. The van der Waals surface area contributed by atoms with E-state index in [1.165, 1.54) is 0 Å². The van der Waals surface area contributed by atoms with Gasteiger partial charge in [-0.05, 0) is 32.2 Å². The Morgan fingerprint density at radius 3 is 2.94 bits per heavy atom. The van der Waals surface area contributed by atoms with Gasteiger partial charge in [-0.3, -0.25) is 4.79 Å². The zero-order valence-corrected chi connectivity index (χ0v) is 11.0. The molecule has 5 nitrogen and oxygen atoms in total. The molecule has 0 spiro atoms. The Hall–Kier alpha value is -1.36. The summed E-state index contributed by atoms with van der Waals surface area (Å²) >= 11 is 0. The van der Waals surface area contributed by atoms with Crippen molar-refractivity contribution in [1.82, 2.24) is 9.55 Å². The maximum atomic E-state index is 12.3. The number of aromatic nitrogens is 2. The van der Waals surface area contributed by atoms with E-state index in [2.05, 4.69) is 16.8 Å². The average molecular weight is 250 g/mol. The third-order valence-corrected chi connectivity index (χ3v) is 3.22. The fourth-order valence-electron chi connectivity index (χ4n) is 2.16. The predicted molar refractivity (Wildman–Crippen MR) is 72.8 cm³/mol. The molecule has 2 N–H and O–H groups in total. The highest BCUT2D eigenvalue weighted by Crippen LogP contribution is 2.29. The standard InChI is InChI=1S/C13H22N4O/c1-2-8-16-10-7-15-12(13(16)18)17(9-3-6-14)11-4-5-11/h7,10-11H,2-6,8-9,14H2,1H3. The van der Waals surface area contributed by atoms with Crippen LogP contribution in [0.15, 0.2) is 17.2 Å². The summed E-state index contributed by atoms with van der Waals surface area (Å²) in [5.41, 5.74) is 5.59. The summed E-state index contributed by atoms with van der Waals surface area (Å²) in [4.78, 5) is 18.8. The number of aryl methyl sites for hydroxylation is 1. The first kappa shape index (κ1) is 13.1. The molecule has 5 heteroatoms. The van der Waals surface area contributed by atoms with Crippen molar-refractivity contribution in [2.45, 2.75) is 45.2 Å². The molecule has 0 radical (unpaired) electrons. The molecule has 1 aromatic rings. The summed E-state index contributed by atoms with van der Waals surface area (Å²) in [5.74, 6) is 0.599. The van der Waals surface area contributed by atoms with Crippen molar-refractivity contribution in [3.8, 4) is 0 Å². The van der Waals surface area contributed by atoms with Crippen molar-refractivity contribution >= 4 is 5.82 Å². The molecule has 1 aromatic heterocycles. The first-order valence-electron chi connectivity index (χ1n) is 6.80. The zero-order valence-electron chi connectivity index (χ0n) is 11.0. The van der Waals surface area contributed by atoms with Crippen LogP contribution in [0.4, 0.5) is 5.82 Å². The number of hydrogen-bond donors (Lipinski definition) is 1. The van der Waals surface area contributed by atoms with Gasteiger partial charge in [0.15, 0.2) is 5.82 Å². The molecule has 1 aliphatic carbocycles. The first-order valence-corrected chi connectivity index (χ1v) is 6.80. The van der Waals surface area contributed by atoms with Crippen molar-refractivity contribution in [3.05, 3.63) is 22.7 Å². The average Bonchev–Trinajstić information content (AvgIpc) is 3.19. The summed E-state index contributed by atoms with van der Waals surface area (Å²) in [6.45, 7) is 4.31. The smallest absolute Gasteiger partial charge is 0.293 e. The lowest BCUT2D eigenvalue weighted by Gasteiger charge is -2.23. The highest BCUT2D eigenvalue weighted by atomic mass is 16.1. The number of anilines is 1. The van der Waals surface area contributed by atoms with E-state index in [0.29, 0.717) is 18.4 Å². The Bertz CT molecular complexity index is 439. The van der Waals surface area contributed by atoms with Crippen LogP contribution in [0.1, 0.15) is 32.6 Å². The summed E-state index contributed by atoms with van der Waals surface area (Å²) in [6.07, 6.45) is 7.67. The van der Waals surface area contributed by atoms with Crippen molar-refractivity contribution in [2.75, 3.05) is 18.0 Å². The van der Waals surface area contributed by atoms with Gasteiger partial charge in [-0.1, -0.05) is 6.92 Å². The van der Waals surface area contributed by atoms with Crippen molar-refractivity contribution in [1.29, 1.82) is 0 Å². The molecule has 100 valence electrons. The predicted octanol–water partition coefficient (Wildman–Crippen LogP) is 0.971. The lowest BCUT2D eigenvalue weighted by molar-refractivity contribution is 0.635. The molecule has 0 amide bonds. The van der Waals surface area contributed by atoms with Crippen LogP contribution in [0.3, 0.4) is 0 Å². The molecule has 0 bridgehead atoms. The summed E-state index contributed by atoms with van der Waals surface area (Å²) in [7, 11) is 0. The normalized spacial score (nSPS) is 14.8. The van der Waals surface area contributed by atoms with Gasteiger partial charge in [0.2, 0.25) is 0 Å². The van der Waals surface area contributed by atoms with Crippen LogP contribution in [0, 0.1) is 0 Å². The second-order valence-electron chi connectivity index (χ2n) is 4.82. The SMILES string of the molecule is CCCn1ccnc(N(CCCN)C2CC2)c1=O. The highest BCUT2D eigenvalue weighted by molar-refractivity contribution is 5.39. The van der Waals surface area contributed by atoms with E-state index < -0.39 is 0 Å². The molecule has 1 saturated carbocycles. The lowest BCUT2D eigenvalue weighted by Crippen LogP contribution is -2.36. The minimum atomic E-state index is 0.0308. The topological polar surface area (TPSA) is 64.2 Å². The van der Waals surface area contributed by atoms with Gasteiger partial charge in [-0.25, -0.2) is 4.98 Å². The van der Waals surface area contributed by atoms with E-state index in [9.17, 15) is 4.79 Å². The third kappa shape index (κ3) is 2.90. The van der Waals surface area contributed by atoms with Gasteiger partial charge in [0.05, 0.1) is 0 Å². The Balaban J connectivity index is 2.23. The maximum absolute atomic E-state index is 12.3. The van der Waals surface area contributed by atoms with Crippen LogP contribution in [-0.4, -0.2) is 28.7 Å². The van der Waals surface area contributed by atoms with Crippen LogP contribution in [0.25, 0.3) is 0 Å². The van der Waals surface area contributed by atoms with Crippen molar-refractivity contribution in [2.24, 2.45) is 5.73 Å². The fraction of sp³-hybridized carbons (Fsp3) is 0.692. The van der Waals surface area contributed by atoms with Crippen molar-refractivity contribution < 1.29 is 0 Å². The molecule has 1 fully saturated rings. The maximum Gasteiger partial charge on any atom is 0.293 e. The van der Waals surface area contributed by atoms with Gasteiger partial charge >= 0.3 is 0 Å². The molecule has 1 aliphatic rings. The molecule has 0 aliphatic heterocycles. The first-order chi connectivity index (χ1) is 8.77. The molecular weight excluding hydrogens is 228 g/mol. The zero-order chi connectivity index (χ0) is 13.0. The van der Waals surface area contributed by atoms with Crippen LogP contribution in [-0.2, 0) is 6.54 Å². The van der Waals surface area contributed by atoms with Gasteiger partial charge in [0.1, 0.15) is 0 Å². The monoisotopic (exact) mass is 250 g/mol. The molecular formula is C13H22N4O. The Kier molecular flexibility index (Phi) is 4.36. The fourth-order valence-corrected chi connectivity index (χ4v) is 2.16. The van der Waals surface area contributed by atoms with E-state index in [0.717, 1.165) is 38.8 Å². The van der Waals surface area contributed by atoms with E-state index in [-0.39, 0.29) is 5.56 Å². The number of nitrogens with two attached hydrogens (primary N) is 1.